The normalized spacial score (nSPS) is 12.3. The van der Waals surface area contributed by atoms with Crippen LogP contribution in [0.25, 0.3) is 10.9 Å². The molecule has 7 heteroatoms. The number of nitrogens with zero attached hydrogens (tertiary/aromatic N) is 2. The van der Waals surface area contributed by atoms with Crippen LogP contribution in [0.2, 0.25) is 0 Å². The lowest BCUT2D eigenvalue weighted by Crippen LogP contribution is -2.33. The van der Waals surface area contributed by atoms with Gasteiger partial charge in [0, 0.05) is 4.47 Å². The number of hydrogen-bond acceptors (Lipinski definition) is 4. The summed E-state index contributed by atoms with van der Waals surface area (Å²) in [6.07, 6.45) is 2.93. The van der Waals surface area contributed by atoms with Gasteiger partial charge in [0.1, 0.15) is 12.3 Å². The van der Waals surface area contributed by atoms with E-state index < -0.39 is 0 Å². The molecule has 2 aromatic heterocycles. The van der Waals surface area contributed by atoms with Gasteiger partial charge < -0.3 is 9.73 Å². The molecule has 118 valence electrons. The Labute approximate surface area is 140 Å². The number of furan rings is 1. The molecule has 0 unspecified atom stereocenters. The van der Waals surface area contributed by atoms with Crippen LogP contribution in [-0.4, -0.2) is 15.5 Å². The predicted molar refractivity (Wildman–Crippen MR) is 89.0 cm³/mol. The van der Waals surface area contributed by atoms with Crippen molar-refractivity contribution >= 4 is 32.7 Å². The molecule has 0 saturated heterocycles. The molecule has 1 aromatic carbocycles. The van der Waals surface area contributed by atoms with Crippen molar-refractivity contribution in [3.8, 4) is 0 Å². The molecular weight excluding hydrogens is 362 g/mol. The molecule has 2 heterocycles. The summed E-state index contributed by atoms with van der Waals surface area (Å²) in [6.45, 7) is 1.72. The maximum absolute atomic E-state index is 12.4. The maximum atomic E-state index is 12.4. The molecule has 0 aliphatic carbocycles. The molecule has 0 bridgehead atoms. The average Bonchev–Trinajstić information content (AvgIpc) is 3.05. The van der Waals surface area contributed by atoms with E-state index in [1.54, 1.807) is 30.5 Å². The first-order chi connectivity index (χ1) is 11.0. The number of carbonyl (C=O) groups is 1. The third-order valence-corrected chi connectivity index (χ3v) is 3.94. The average molecular weight is 376 g/mol. The molecule has 1 N–H and O–H groups in total. The summed E-state index contributed by atoms with van der Waals surface area (Å²) in [5, 5.41) is 3.25. The molecule has 6 nitrogen and oxygen atoms in total. The van der Waals surface area contributed by atoms with Gasteiger partial charge in [-0.25, -0.2) is 4.98 Å². The Morgan fingerprint density at radius 2 is 2.26 bits per heavy atom. The molecule has 3 aromatic rings. The summed E-state index contributed by atoms with van der Waals surface area (Å²) in [4.78, 5) is 28.8. The second-order valence-electron chi connectivity index (χ2n) is 5.14. The van der Waals surface area contributed by atoms with Gasteiger partial charge in [-0.15, -0.1) is 0 Å². The first-order valence-corrected chi connectivity index (χ1v) is 7.81. The molecule has 0 saturated carbocycles. The van der Waals surface area contributed by atoms with Gasteiger partial charge in [-0.2, -0.15) is 0 Å². The SMILES string of the molecule is C[C@H](NC(=O)Cn1cnc2ccc(Br)cc2c1=O)c1ccco1. The van der Waals surface area contributed by atoms with Crippen molar-refractivity contribution in [2.45, 2.75) is 19.5 Å². The van der Waals surface area contributed by atoms with E-state index in [0.29, 0.717) is 16.7 Å². The fourth-order valence-corrected chi connectivity index (χ4v) is 2.66. The molecule has 23 heavy (non-hydrogen) atoms. The van der Waals surface area contributed by atoms with E-state index >= 15 is 0 Å². The Morgan fingerprint density at radius 1 is 1.43 bits per heavy atom. The first kappa shape index (κ1) is 15.5. The zero-order valence-electron chi connectivity index (χ0n) is 12.3. The number of rotatable bonds is 4. The fourth-order valence-electron chi connectivity index (χ4n) is 2.29. The smallest absolute Gasteiger partial charge is 0.261 e. The van der Waals surface area contributed by atoms with Crippen molar-refractivity contribution in [1.29, 1.82) is 0 Å². The highest BCUT2D eigenvalue weighted by Crippen LogP contribution is 2.15. The van der Waals surface area contributed by atoms with E-state index in [4.69, 9.17) is 4.42 Å². The summed E-state index contributed by atoms with van der Waals surface area (Å²) in [6, 6.07) is 8.54. The van der Waals surface area contributed by atoms with Gasteiger partial charge >= 0.3 is 0 Å². The van der Waals surface area contributed by atoms with Gasteiger partial charge in [0.15, 0.2) is 0 Å². The summed E-state index contributed by atoms with van der Waals surface area (Å²) < 4.78 is 7.32. The standard InChI is InChI=1S/C16H14BrN3O3/c1-10(14-3-2-6-23-14)19-15(21)8-20-9-18-13-5-4-11(17)7-12(13)16(20)22/h2-7,9-10H,8H2,1H3,(H,19,21)/t10-/m0/s1. The highest BCUT2D eigenvalue weighted by atomic mass is 79.9. The van der Waals surface area contributed by atoms with Crippen LogP contribution in [0.3, 0.4) is 0 Å². The number of aromatic nitrogens is 2. The number of benzene rings is 1. The minimum Gasteiger partial charge on any atom is -0.467 e. The quantitative estimate of drug-likeness (QED) is 0.760. The lowest BCUT2D eigenvalue weighted by molar-refractivity contribution is -0.122. The number of fused-ring (bicyclic) bond motifs is 1. The van der Waals surface area contributed by atoms with E-state index in [2.05, 4.69) is 26.2 Å². The van der Waals surface area contributed by atoms with Crippen molar-refractivity contribution in [1.82, 2.24) is 14.9 Å². The molecule has 0 radical (unpaired) electrons. The van der Waals surface area contributed by atoms with Crippen LogP contribution in [0.1, 0.15) is 18.7 Å². The van der Waals surface area contributed by atoms with E-state index in [0.717, 1.165) is 4.47 Å². The molecule has 0 fully saturated rings. The lowest BCUT2D eigenvalue weighted by atomic mass is 10.2. The predicted octanol–water partition coefficient (Wildman–Crippen LogP) is 2.63. The minimum atomic E-state index is -0.285. The monoisotopic (exact) mass is 375 g/mol. The second kappa shape index (κ2) is 6.37. The Kier molecular flexibility index (Phi) is 4.29. The first-order valence-electron chi connectivity index (χ1n) is 7.02. The van der Waals surface area contributed by atoms with E-state index in [1.165, 1.54) is 10.9 Å². The molecule has 1 atom stereocenters. The number of amides is 1. The number of carbonyl (C=O) groups excluding carboxylic acids is 1. The van der Waals surface area contributed by atoms with Crippen molar-refractivity contribution in [2.24, 2.45) is 0 Å². The van der Waals surface area contributed by atoms with Gasteiger partial charge in [0.05, 0.1) is 29.5 Å². The molecule has 3 rings (SSSR count). The zero-order valence-corrected chi connectivity index (χ0v) is 13.9. The van der Waals surface area contributed by atoms with Crippen LogP contribution in [0, 0.1) is 0 Å². The van der Waals surface area contributed by atoms with Crippen LogP contribution in [-0.2, 0) is 11.3 Å². The van der Waals surface area contributed by atoms with Crippen LogP contribution in [0.15, 0.2) is 56.6 Å². The minimum absolute atomic E-state index is 0.0979. The molecule has 0 aliphatic heterocycles. The van der Waals surface area contributed by atoms with E-state index in [-0.39, 0.29) is 24.1 Å². The van der Waals surface area contributed by atoms with Gasteiger partial charge in [-0.1, -0.05) is 15.9 Å². The van der Waals surface area contributed by atoms with Gasteiger partial charge in [0.2, 0.25) is 5.91 Å². The lowest BCUT2D eigenvalue weighted by Gasteiger charge is -2.12. The Balaban J connectivity index is 1.80. The van der Waals surface area contributed by atoms with Crippen molar-refractivity contribution < 1.29 is 9.21 Å². The second-order valence-corrected chi connectivity index (χ2v) is 6.06. The van der Waals surface area contributed by atoms with Gasteiger partial charge in [-0.3, -0.25) is 14.2 Å². The van der Waals surface area contributed by atoms with Crippen LogP contribution < -0.4 is 10.9 Å². The van der Waals surface area contributed by atoms with Crippen molar-refractivity contribution in [3.63, 3.8) is 0 Å². The zero-order chi connectivity index (χ0) is 16.4. The molecule has 0 aliphatic rings. The third kappa shape index (κ3) is 3.34. The van der Waals surface area contributed by atoms with E-state index in [9.17, 15) is 9.59 Å². The molecule has 1 amide bonds. The number of hydrogen-bond donors (Lipinski definition) is 1. The van der Waals surface area contributed by atoms with Crippen LogP contribution >= 0.6 is 15.9 Å². The largest absolute Gasteiger partial charge is 0.467 e. The number of halogens is 1. The fraction of sp³-hybridized carbons (Fsp3) is 0.188. The van der Waals surface area contributed by atoms with Crippen molar-refractivity contribution in [2.75, 3.05) is 0 Å². The van der Waals surface area contributed by atoms with Crippen LogP contribution in [0.5, 0.6) is 0 Å². The topological polar surface area (TPSA) is 77.1 Å². The summed E-state index contributed by atoms with van der Waals surface area (Å²) >= 11 is 3.33. The summed E-state index contributed by atoms with van der Waals surface area (Å²) in [7, 11) is 0. The van der Waals surface area contributed by atoms with Crippen molar-refractivity contribution in [3.05, 3.63) is 63.5 Å². The summed E-state index contributed by atoms with van der Waals surface area (Å²) in [5.41, 5.74) is 0.343. The Bertz CT molecular complexity index is 903. The molecular formula is C16H14BrN3O3. The third-order valence-electron chi connectivity index (χ3n) is 3.45. The number of nitrogens with one attached hydrogen (secondary N) is 1. The molecule has 0 spiro atoms. The Hall–Kier alpha value is -2.41. The van der Waals surface area contributed by atoms with Crippen LogP contribution in [0.4, 0.5) is 0 Å². The summed E-state index contributed by atoms with van der Waals surface area (Å²) in [5.74, 6) is 0.374. The van der Waals surface area contributed by atoms with Gasteiger partial charge in [0.25, 0.3) is 5.56 Å². The highest BCUT2D eigenvalue weighted by molar-refractivity contribution is 9.10. The maximum Gasteiger partial charge on any atom is 0.261 e. The Morgan fingerprint density at radius 3 is 3.00 bits per heavy atom. The van der Waals surface area contributed by atoms with E-state index in [1.807, 2.05) is 13.0 Å². The van der Waals surface area contributed by atoms with Gasteiger partial charge in [-0.05, 0) is 37.3 Å². The highest BCUT2D eigenvalue weighted by Gasteiger charge is 2.13.